The van der Waals surface area contributed by atoms with Crippen molar-refractivity contribution in [1.82, 2.24) is 60.6 Å². The molecular weight excluding hydrogens is 965 g/mol. The van der Waals surface area contributed by atoms with Crippen LogP contribution in [0.5, 0.6) is 0 Å². The van der Waals surface area contributed by atoms with Crippen LogP contribution in [0.3, 0.4) is 0 Å². The largest absolute Gasteiger partial charge is 0.354 e. The van der Waals surface area contributed by atoms with Crippen LogP contribution in [0.2, 0.25) is 0 Å². The fourth-order valence-corrected chi connectivity index (χ4v) is 10.0. The fraction of sp³-hybridized carbons (Fsp3) is 0.393. The van der Waals surface area contributed by atoms with Gasteiger partial charge in [0.2, 0.25) is 29.5 Å². The number of carbonyl (C=O) groups is 6. The summed E-state index contributed by atoms with van der Waals surface area (Å²) in [5.74, 6) is 13.0. The number of nitrogens with zero attached hydrogens (tertiary/aromatic N) is 8. The van der Waals surface area contributed by atoms with Gasteiger partial charge in [-0.2, -0.15) is 10.2 Å². The van der Waals surface area contributed by atoms with Gasteiger partial charge in [-0.1, -0.05) is 36.0 Å². The van der Waals surface area contributed by atoms with Gasteiger partial charge in [-0.15, -0.1) is 0 Å². The first-order valence-electron chi connectivity index (χ1n) is 25.9. The van der Waals surface area contributed by atoms with Crippen LogP contribution >= 0.6 is 0 Å². The molecule has 0 aliphatic carbocycles. The standard InChI is InChI=1S/C29H32N6O3.C27H30N8O3/c1-30-29(38)27-24-17-23(9-10-25(24)32-33-27)31-28(37)22-13-14-34(18-22)19-26(36)35-15-11-21(12-16-35)8-7-20-5-3-2-4-6-20;1-28-27(38)25-21-15-20(4-5-22(21)32-33-25)31-26(37)19-9-12-34(16-19)17-24(36)35-13-7-18(8-14-35)3-6-23-29-10-2-11-30-23/h2-6,9-10,17,21-22H,11-16,18-19H2,1H3,(H,30,38)(H,31,37)(H,32,33);2,4-5,10-11,15,18-19H,7-9,12-14,16-17H2,1H3,(H,28,38)(H,31,37)(H,32,33). The van der Waals surface area contributed by atoms with E-state index in [4.69, 9.17) is 0 Å². The van der Waals surface area contributed by atoms with Crippen molar-refractivity contribution in [3.63, 3.8) is 0 Å². The van der Waals surface area contributed by atoms with E-state index in [1.807, 2.05) is 45.0 Å². The van der Waals surface area contributed by atoms with Crippen molar-refractivity contribution in [3.8, 4) is 23.7 Å². The summed E-state index contributed by atoms with van der Waals surface area (Å²) in [5, 5.41) is 26.1. The van der Waals surface area contributed by atoms with Crippen LogP contribution in [0.4, 0.5) is 11.4 Å². The molecule has 6 amide bonds. The van der Waals surface area contributed by atoms with Gasteiger partial charge in [-0.25, -0.2) is 9.97 Å². The van der Waals surface area contributed by atoms with Gasteiger partial charge >= 0.3 is 0 Å². The zero-order valence-corrected chi connectivity index (χ0v) is 42.7. The summed E-state index contributed by atoms with van der Waals surface area (Å²) < 4.78 is 0. The van der Waals surface area contributed by atoms with Gasteiger partial charge in [0.25, 0.3) is 11.8 Å². The molecule has 392 valence electrons. The Kier molecular flexibility index (Phi) is 17.0. The number of H-pyrrole nitrogens is 2. The zero-order chi connectivity index (χ0) is 53.0. The molecule has 6 N–H and O–H groups in total. The van der Waals surface area contributed by atoms with Gasteiger partial charge in [0.1, 0.15) is 0 Å². The molecule has 20 heteroatoms. The van der Waals surface area contributed by atoms with Gasteiger partial charge in [-0.05, 0) is 112 Å². The summed E-state index contributed by atoms with van der Waals surface area (Å²) in [6.07, 6.45) is 8.18. The van der Waals surface area contributed by atoms with Gasteiger partial charge in [0.15, 0.2) is 11.4 Å². The molecule has 0 radical (unpaired) electrons. The zero-order valence-electron chi connectivity index (χ0n) is 42.7. The van der Waals surface area contributed by atoms with E-state index in [0.29, 0.717) is 105 Å². The molecule has 76 heavy (non-hydrogen) atoms. The van der Waals surface area contributed by atoms with Crippen molar-refractivity contribution in [2.75, 3.05) is 90.2 Å². The molecule has 4 fully saturated rings. The number of fused-ring (bicyclic) bond motifs is 2. The molecule has 2 atom stereocenters. The minimum Gasteiger partial charge on any atom is -0.354 e. The number of carbonyl (C=O) groups excluding carboxylic acids is 6. The molecule has 10 rings (SSSR count). The summed E-state index contributed by atoms with van der Waals surface area (Å²) in [7, 11) is 3.10. The Morgan fingerprint density at radius 2 is 1.03 bits per heavy atom. The van der Waals surface area contributed by atoms with Gasteiger partial charge in [0, 0.05) is 105 Å². The number of hydrogen-bond acceptors (Lipinski definition) is 12. The predicted octanol–water partition coefficient (Wildman–Crippen LogP) is 3.74. The lowest BCUT2D eigenvalue weighted by Gasteiger charge is -2.31. The molecule has 0 saturated carbocycles. The number of aromatic amines is 2. The van der Waals surface area contributed by atoms with Crippen LogP contribution in [-0.2, 0) is 19.2 Å². The molecule has 6 aromatic rings. The molecule has 3 aromatic heterocycles. The van der Waals surface area contributed by atoms with Gasteiger partial charge < -0.3 is 31.1 Å². The average molecular weight is 1030 g/mol. The van der Waals surface area contributed by atoms with E-state index in [1.54, 1.807) is 69.0 Å². The Hall–Kier alpha value is -8.46. The number of aromatic nitrogens is 6. The Morgan fingerprint density at radius 1 is 0.566 bits per heavy atom. The van der Waals surface area contributed by atoms with Crippen LogP contribution in [0.15, 0.2) is 85.2 Å². The lowest BCUT2D eigenvalue weighted by atomic mass is 9.97. The van der Waals surface area contributed by atoms with Crippen molar-refractivity contribution in [1.29, 1.82) is 0 Å². The maximum absolute atomic E-state index is 12.9. The second-order valence-electron chi connectivity index (χ2n) is 19.5. The number of hydrogen-bond donors (Lipinski definition) is 6. The number of nitrogens with one attached hydrogen (secondary N) is 6. The fourth-order valence-electron chi connectivity index (χ4n) is 10.0. The predicted molar refractivity (Wildman–Crippen MR) is 286 cm³/mol. The van der Waals surface area contributed by atoms with Crippen LogP contribution in [-0.4, -0.2) is 165 Å². The van der Waals surface area contributed by atoms with Crippen molar-refractivity contribution < 1.29 is 28.8 Å². The van der Waals surface area contributed by atoms with Crippen LogP contribution < -0.4 is 21.3 Å². The van der Waals surface area contributed by atoms with Crippen LogP contribution in [0, 0.1) is 47.4 Å². The lowest BCUT2D eigenvalue weighted by molar-refractivity contribution is -0.134. The second-order valence-corrected chi connectivity index (χ2v) is 19.5. The molecule has 7 heterocycles. The van der Waals surface area contributed by atoms with E-state index < -0.39 is 0 Å². The van der Waals surface area contributed by atoms with E-state index in [-0.39, 0.29) is 64.6 Å². The third kappa shape index (κ3) is 13.3. The quantitative estimate of drug-likeness (QED) is 0.108. The average Bonchev–Trinajstić information content (AvgIpc) is 4.30. The summed E-state index contributed by atoms with van der Waals surface area (Å²) in [6.45, 7) is 5.95. The van der Waals surface area contributed by atoms with E-state index in [2.05, 4.69) is 80.2 Å². The SMILES string of the molecule is CNC(=O)c1n[nH]c2ccc(NC(=O)C3CCN(CC(=O)N4CCC(C#Cc5ccccc5)CC4)C3)cc12.CNC(=O)c1n[nH]c2ccc(NC(=O)C3CCN(CC(=O)N4CCC(C#Cc5ncccn5)CC4)C3)cc12. The van der Waals surface area contributed by atoms with Crippen LogP contribution in [0.25, 0.3) is 21.8 Å². The van der Waals surface area contributed by atoms with Crippen molar-refractivity contribution in [2.24, 2.45) is 23.7 Å². The third-order valence-corrected chi connectivity index (χ3v) is 14.4. The molecule has 3 aromatic carbocycles. The topological polar surface area (TPSA) is 247 Å². The lowest BCUT2D eigenvalue weighted by Crippen LogP contribution is -2.43. The smallest absolute Gasteiger partial charge is 0.272 e. The number of piperidine rings is 2. The minimum absolute atomic E-state index is 0.0814. The first-order chi connectivity index (χ1) is 37.0. The number of amides is 6. The number of likely N-dealkylation sites (tertiary alicyclic amines) is 4. The minimum atomic E-state index is -0.297. The Morgan fingerprint density at radius 3 is 1.49 bits per heavy atom. The second kappa shape index (κ2) is 24.7. The molecule has 4 aliphatic heterocycles. The monoisotopic (exact) mass is 1030 g/mol. The summed E-state index contributed by atoms with van der Waals surface area (Å²) in [6, 6.07) is 22.4. The normalized spacial score (nSPS) is 18.1. The van der Waals surface area contributed by atoms with E-state index in [0.717, 1.165) is 49.9 Å². The molecule has 0 spiro atoms. The summed E-state index contributed by atoms with van der Waals surface area (Å²) >= 11 is 0. The highest BCUT2D eigenvalue weighted by atomic mass is 16.2. The molecule has 20 nitrogen and oxygen atoms in total. The molecule has 0 bridgehead atoms. The Balaban J connectivity index is 0.000000186. The molecular formula is C56H62N14O6. The third-order valence-electron chi connectivity index (χ3n) is 14.4. The highest BCUT2D eigenvalue weighted by Crippen LogP contribution is 2.26. The molecule has 2 unspecified atom stereocenters. The summed E-state index contributed by atoms with van der Waals surface area (Å²) in [5.41, 5.74) is 4.25. The maximum atomic E-state index is 12.9. The molecule has 4 saturated heterocycles. The number of rotatable bonds is 10. The van der Waals surface area contributed by atoms with E-state index in [9.17, 15) is 28.8 Å². The first kappa shape index (κ1) is 52.4. The molecule has 4 aliphatic rings. The highest BCUT2D eigenvalue weighted by Gasteiger charge is 2.33. The first-order valence-corrected chi connectivity index (χ1v) is 25.9. The van der Waals surface area contributed by atoms with E-state index in [1.165, 1.54) is 0 Å². The number of anilines is 2. The van der Waals surface area contributed by atoms with Gasteiger partial charge in [0.05, 0.1) is 36.0 Å². The maximum Gasteiger partial charge on any atom is 0.272 e. The van der Waals surface area contributed by atoms with E-state index >= 15 is 0 Å². The highest BCUT2D eigenvalue weighted by molar-refractivity contribution is 6.07. The Bertz CT molecular complexity index is 2980. The number of benzene rings is 3. The van der Waals surface area contributed by atoms with Gasteiger partial charge in [-0.3, -0.25) is 48.8 Å². The van der Waals surface area contributed by atoms with Crippen LogP contribution in [0.1, 0.15) is 70.9 Å². The summed E-state index contributed by atoms with van der Waals surface area (Å²) in [4.78, 5) is 92.0. The Labute approximate surface area is 440 Å². The van der Waals surface area contributed by atoms with Crippen molar-refractivity contribution >= 4 is 68.6 Å². The van der Waals surface area contributed by atoms with Crippen molar-refractivity contribution in [3.05, 3.63) is 108 Å². The van der Waals surface area contributed by atoms with Crippen molar-refractivity contribution in [2.45, 2.75) is 38.5 Å².